The molecule has 0 bridgehead atoms. The highest BCUT2D eigenvalue weighted by Gasteiger charge is 2.42. The standard InChI is InChI=1S/C38H41F2N9O7/c1-38(2,3)56-37(55)45-14-27(51)42-12-20(50)11-41-25-9-24(39)30(40)28-29-32(49-7-6-18-15-47(4)17-26(18)49)22(13-43-34(29)46-31(25)28)19-8-21-33(52)23(36(53)54)16-48(5)35(21)44-10-19/h8-10,13,16,18,26,41H,6-7,11-12,14-15,17H2,1-5H3,(H,42,51)(H,43,46)(H,45,55)(H,53,54)/t18-,26+/m0/s1. The number of anilines is 2. The summed E-state index contributed by atoms with van der Waals surface area (Å²) in [4.78, 5) is 78.8. The number of carboxylic acids is 1. The number of hydrogen-bond donors (Lipinski definition) is 5. The number of aromatic amines is 1. The number of Topliss-reactive ketones (excluding diaryl/α,β-unsaturated/α-hetero) is 1. The van der Waals surface area contributed by atoms with E-state index in [2.05, 4.69) is 40.7 Å². The van der Waals surface area contributed by atoms with E-state index in [1.54, 1.807) is 46.3 Å². The summed E-state index contributed by atoms with van der Waals surface area (Å²) >= 11 is 0. The van der Waals surface area contributed by atoms with Gasteiger partial charge in [-0.25, -0.2) is 28.3 Å². The number of alkyl carbamates (subject to hydrolysis) is 1. The van der Waals surface area contributed by atoms with Crippen molar-refractivity contribution < 1.29 is 37.8 Å². The minimum Gasteiger partial charge on any atom is -0.477 e. The molecule has 0 saturated carbocycles. The molecule has 0 spiro atoms. The molecule has 7 rings (SSSR count). The molecule has 1 aromatic carbocycles. The van der Waals surface area contributed by atoms with Crippen LogP contribution in [0.1, 0.15) is 37.6 Å². The van der Waals surface area contributed by atoms with Crippen LogP contribution in [0.15, 0.2) is 35.5 Å². The van der Waals surface area contributed by atoms with Gasteiger partial charge in [0.25, 0.3) is 0 Å². The van der Waals surface area contributed by atoms with Crippen LogP contribution in [0.4, 0.5) is 25.0 Å². The number of nitrogens with one attached hydrogen (secondary N) is 4. The second kappa shape index (κ2) is 14.5. The topological polar surface area (TPSA) is 204 Å². The average Bonchev–Trinajstić information content (AvgIpc) is 3.83. The van der Waals surface area contributed by atoms with E-state index >= 15 is 8.78 Å². The third-order valence-corrected chi connectivity index (χ3v) is 10.1. The summed E-state index contributed by atoms with van der Waals surface area (Å²) in [5, 5.41) is 17.5. The maximum absolute atomic E-state index is 16.2. The van der Waals surface area contributed by atoms with Crippen LogP contribution >= 0.6 is 0 Å². The van der Waals surface area contributed by atoms with Crippen LogP contribution in [-0.2, 0) is 21.4 Å². The molecule has 5 aromatic rings. The van der Waals surface area contributed by atoms with Gasteiger partial charge in [-0.1, -0.05) is 0 Å². The van der Waals surface area contributed by atoms with E-state index in [1.807, 2.05) is 7.05 Å². The fraction of sp³-hybridized carbons (Fsp3) is 0.395. The molecule has 5 N–H and O–H groups in total. The Labute approximate surface area is 318 Å². The summed E-state index contributed by atoms with van der Waals surface area (Å²) in [6.07, 6.45) is 4.38. The SMILES string of the molecule is CN1C[C@@H]2CCN(c3c(-c4cnc5c(c4)c(=O)c(C(=O)O)cn5C)cnc4[nH]c5c(NCC(=O)CNC(=O)CNC(=O)OC(C)(C)C)cc(F)c(F)c5c34)[C@@H]2C1. The smallest absolute Gasteiger partial charge is 0.408 e. The Morgan fingerprint density at radius 1 is 1.02 bits per heavy atom. The molecule has 0 aliphatic carbocycles. The van der Waals surface area contributed by atoms with E-state index in [0.29, 0.717) is 35.8 Å². The number of aromatic nitrogens is 4. The fourth-order valence-corrected chi connectivity index (χ4v) is 7.69. The number of aryl methyl sites for hydroxylation is 1. The zero-order valence-corrected chi connectivity index (χ0v) is 31.4. The lowest BCUT2D eigenvalue weighted by molar-refractivity contribution is -0.123. The van der Waals surface area contributed by atoms with Gasteiger partial charge in [0.15, 0.2) is 17.4 Å². The first-order chi connectivity index (χ1) is 26.5. The molecule has 2 fully saturated rings. The van der Waals surface area contributed by atoms with Crippen molar-refractivity contribution in [2.24, 2.45) is 13.0 Å². The maximum atomic E-state index is 16.2. The minimum atomic E-state index is -1.38. The number of pyridine rings is 3. The highest BCUT2D eigenvalue weighted by Crippen LogP contribution is 2.47. The first kappa shape index (κ1) is 38.1. The fourth-order valence-electron chi connectivity index (χ4n) is 7.69. The lowest BCUT2D eigenvalue weighted by Crippen LogP contribution is -2.41. The molecule has 2 aliphatic rings. The van der Waals surface area contributed by atoms with Crippen LogP contribution < -0.4 is 26.3 Å². The third kappa shape index (κ3) is 7.18. The molecular weight excluding hydrogens is 732 g/mol. The van der Waals surface area contributed by atoms with E-state index in [4.69, 9.17) is 4.74 Å². The Morgan fingerprint density at radius 3 is 2.52 bits per heavy atom. The summed E-state index contributed by atoms with van der Waals surface area (Å²) in [6.45, 7) is 6.01. The Hall–Kier alpha value is -6.17. The molecule has 18 heteroatoms. The number of amides is 2. The number of hydrogen-bond acceptors (Lipinski definition) is 11. The zero-order chi connectivity index (χ0) is 40.2. The highest BCUT2D eigenvalue weighted by atomic mass is 19.2. The van der Waals surface area contributed by atoms with Crippen molar-refractivity contribution in [1.29, 1.82) is 0 Å². The van der Waals surface area contributed by atoms with Crippen molar-refractivity contribution >= 4 is 68.1 Å². The normalized spacial score (nSPS) is 17.1. The van der Waals surface area contributed by atoms with E-state index in [-0.39, 0.29) is 51.2 Å². The zero-order valence-electron chi connectivity index (χ0n) is 31.4. The van der Waals surface area contributed by atoms with Crippen molar-refractivity contribution in [3.05, 3.63) is 58.1 Å². The Kier molecular flexibility index (Phi) is 9.86. The van der Waals surface area contributed by atoms with E-state index in [0.717, 1.165) is 19.0 Å². The number of likely N-dealkylation sites (tertiary alicyclic amines) is 1. The quantitative estimate of drug-likeness (QED) is 0.139. The first-order valence-electron chi connectivity index (χ1n) is 18.0. The van der Waals surface area contributed by atoms with E-state index in [9.17, 15) is 29.1 Å². The monoisotopic (exact) mass is 773 g/mol. The minimum absolute atomic E-state index is 0.0237. The van der Waals surface area contributed by atoms with Gasteiger partial charge < -0.3 is 45.1 Å². The number of aromatic carboxylic acids is 1. The van der Waals surface area contributed by atoms with Crippen LogP contribution in [-0.4, -0.2) is 111 Å². The predicted octanol–water partition coefficient (Wildman–Crippen LogP) is 3.37. The molecule has 2 atom stereocenters. The summed E-state index contributed by atoms with van der Waals surface area (Å²) in [5.74, 6) is -4.51. The summed E-state index contributed by atoms with van der Waals surface area (Å²) < 4.78 is 38.3. The summed E-state index contributed by atoms with van der Waals surface area (Å²) in [5.41, 5.74) is 0.304. The Balaban J connectivity index is 1.26. The molecule has 0 unspecified atom stereocenters. The number of rotatable bonds is 10. The van der Waals surface area contributed by atoms with Crippen LogP contribution in [0.5, 0.6) is 0 Å². The largest absolute Gasteiger partial charge is 0.477 e. The molecule has 16 nitrogen and oxygen atoms in total. The van der Waals surface area contributed by atoms with Crippen LogP contribution in [0, 0.1) is 17.6 Å². The molecule has 2 saturated heterocycles. The second-order valence-electron chi connectivity index (χ2n) is 15.3. The molecule has 2 amide bonds. The molecule has 6 heterocycles. The van der Waals surface area contributed by atoms with Crippen LogP contribution in [0.2, 0.25) is 0 Å². The number of fused-ring (bicyclic) bond motifs is 5. The Bertz CT molecular complexity index is 2510. The first-order valence-corrected chi connectivity index (χ1v) is 18.0. The summed E-state index contributed by atoms with van der Waals surface area (Å²) in [6, 6.07) is 2.51. The van der Waals surface area contributed by atoms with Crippen LogP contribution in [0.3, 0.4) is 0 Å². The van der Waals surface area contributed by atoms with Gasteiger partial charge in [0.2, 0.25) is 11.3 Å². The molecule has 294 valence electrons. The second-order valence-corrected chi connectivity index (χ2v) is 15.3. The van der Waals surface area contributed by atoms with E-state index in [1.165, 1.54) is 10.8 Å². The van der Waals surface area contributed by atoms with Crippen molar-refractivity contribution in [1.82, 2.24) is 35.1 Å². The predicted molar refractivity (Wildman–Crippen MR) is 204 cm³/mol. The number of ketones is 1. The molecule has 0 radical (unpaired) electrons. The van der Waals surface area contributed by atoms with Gasteiger partial charge in [-0.3, -0.25) is 14.4 Å². The molecule has 56 heavy (non-hydrogen) atoms. The number of nitrogens with zero attached hydrogens (tertiary/aromatic N) is 5. The number of likely N-dealkylation sites (N-methyl/N-ethyl adjacent to an activating group) is 1. The van der Waals surface area contributed by atoms with Gasteiger partial charge in [0, 0.05) is 68.5 Å². The van der Waals surface area contributed by atoms with Crippen LogP contribution in [0.25, 0.3) is 44.1 Å². The van der Waals surface area contributed by atoms with Gasteiger partial charge in [-0.05, 0) is 46.2 Å². The molecular formula is C38H41F2N9O7. The maximum Gasteiger partial charge on any atom is 0.408 e. The number of halogens is 2. The van der Waals surface area contributed by atoms with Crippen molar-refractivity contribution in [2.45, 2.75) is 38.8 Å². The van der Waals surface area contributed by atoms with E-state index < -0.39 is 65.1 Å². The van der Waals surface area contributed by atoms with Crippen molar-refractivity contribution in [2.75, 3.05) is 56.5 Å². The molecule has 4 aromatic heterocycles. The number of H-pyrrole nitrogens is 1. The average molecular weight is 774 g/mol. The van der Waals surface area contributed by atoms with Gasteiger partial charge in [0.1, 0.15) is 29.0 Å². The molecule has 2 aliphatic heterocycles. The number of carboxylic acid groups (broad SMARTS) is 1. The number of carbonyl (C=O) groups is 4. The van der Waals surface area contributed by atoms with Gasteiger partial charge in [-0.15, -0.1) is 0 Å². The number of carbonyl (C=O) groups excluding carboxylic acids is 3. The van der Waals surface area contributed by atoms with Crippen molar-refractivity contribution in [3.63, 3.8) is 0 Å². The summed E-state index contributed by atoms with van der Waals surface area (Å²) in [7, 11) is 3.61. The van der Waals surface area contributed by atoms with Gasteiger partial charge in [-0.2, -0.15) is 0 Å². The van der Waals surface area contributed by atoms with Crippen molar-refractivity contribution in [3.8, 4) is 11.1 Å². The van der Waals surface area contributed by atoms with Gasteiger partial charge in [0.05, 0.1) is 46.1 Å². The highest BCUT2D eigenvalue weighted by molar-refractivity contribution is 6.18. The van der Waals surface area contributed by atoms with Gasteiger partial charge >= 0.3 is 12.1 Å². The lowest BCUT2D eigenvalue weighted by Gasteiger charge is -2.29. The third-order valence-electron chi connectivity index (χ3n) is 10.1. The lowest BCUT2D eigenvalue weighted by atomic mass is 9.99. The number of ether oxygens (including phenoxy) is 1. The number of benzene rings is 1. The Morgan fingerprint density at radius 2 is 1.79 bits per heavy atom.